The van der Waals surface area contributed by atoms with Crippen molar-refractivity contribution in [3.8, 4) is 0 Å². The third-order valence-electron chi connectivity index (χ3n) is 4.41. The van der Waals surface area contributed by atoms with Crippen LogP contribution in [-0.2, 0) is 6.42 Å². The zero-order valence-corrected chi connectivity index (χ0v) is 14.5. The molecule has 2 aromatic heterocycles. The molecule has 0 radical (unpaired) electrons. The van der Waals surface area contributed by atoms with E-state index in [9.17, 15) is 10.2 Å². The number of anilines is 2. The van der Waals surface area contributed by atoms with E-state index in [0.29, 0.717) is 36.7 Å². The van der Waals surface area contributed by atoms with Crippen LogP contribution in [0.5, 0.6) is 0 Å². The van der Waals surface area contributed by atoms with Gasteiger partial charge in [-0.05, 0) is 30.7 Å². The molecule has 3 rings (SSSR count). The zero-order valence-electron chi connectivity index (χ0n) is 13.7. The second-order valence-corrected chi connectivity index (χ2v) is 7.14. The Kier molecular flexibility index (Phi) is 5.90. The van der Waals surface area contributed by atoms with Gasteiger partial charge in [-0.2, -0.15) is 5.11 Å². The summed E-state index contributed by atoms with van der Waals surface area (Å²) < 4.78 is 0. The van der Waals surface area contributed by atoms with E-state index in [1.807, 2.05) is 11.4 Å². The first-order valence-electron chi connectivity index (χ1n) is 8.25. The smallest absolute Gasteiger partial charge is 0.169 e. The third-order valence-corrected chi connectivity index (χ3v) is 5.35. The van der Waals surface area contributed by atoms with Crippen LogP contribution in [0, 0.1) is 11.4 Å². The molecule has 1 aliphatic rings. The Morgan fingerprint density at radius 2 is 2.16 bits per heavy atom. The van der Waals surface area contributed by atoms with Gasteiger partial charge in [0.15, 0.2) is 17.3 Å². The number of aromatic nitrogens is 2. The second kappa shape index (κ2) is 8.32. The van der Waals surface area contributed by atoms with Crippen LogP contribution in [-0.4, -0.2) is 45.5 Å². The van der Waals surface area contributed by atoms with Gasteiger partial charge in [0.2, 0.25) is 0 Å². The van der Waals surface area contributed by atoms with Gasteiger partial charge in [0, 0.05) is 30.0 Å². The highest BCUT2D eigenvalue weighted by Gasteiger charge is 2.33. The average Bonchev–Trinajstić information content (AvgIpc) is 3.24. The van der Waals surface area contributed by atoms with E-state index in [1.54, 1.807) is 11.3 Å². The maximum absolute atomic E-state index is 9.92. The minimum Gasteiger partial charge on any atom is -0.396 e. The van der Waals surface area contributed by atoms with Crippen molar-refractivity contribution < 1.29 is 10.2 Å². The normalized spacial score (nSPS) is 22.7. The molecule has 1 saturated carbocycles. The van der Waals surface area contributed by atoms with Crippen molar-refractivity contribution in [2.45, 2.75) is 31.4 Å². The molecular formula is C16H22N6O2S. The van der Waals surface area contributed by atoms with Gasteiger partial charge in [-0.1, -0.05) is 6.07 Å². The Morgan fingerprint density at radius 1 is 1.32 bits per heavy atom. The van der Waals surface area contributed by atoms with Gasteiger partial charge in [0.1, 0.15) is 6.33 Å². The molecular weight excluding hydrogens is 340 g/mol. The molecule has 0 aliphatic heterocycles. The number of thiophene rings is 1. The Hall–Kier alpha value is -2.10. The van der Waals surface area contributed by atoms with Crippen LogP contribution in [0.4, 0.5) is 17.3 Å². The fourth-order valence-electron chi connectivity index (χ4n) is 3.09. The van der Waals surface area contributed by atoms with Crippen molar-refractivity contribution in [1.29, 1.82) is 5.53 Å². The Bertz CT molecular complexity index is 696. The summed E-state index contributed by atoms with van der Waals surface area (Å²) in [7, 11) is 0. The molecule has 0 saturated heterocycles. The highest BCUT2D eigenvalue weighted by atomic mass is 32.1. The largest absolute Gasteiger partial charge is 0.396 e. The quantitative estimate of drug-likeness (QED) is 0.459. The minimum absolute atomic E-state index is 0.0125. The number of hydrogen-bond acceptors (Lipinski definition) is 9. The van der Waals surface area contributed by atoms with E-state index in [-0.39, 0.29) is 18.6 Å². The van der Waals surface area contributed by atoms with Gasteiger partial charge in [0.25, 0.3) is 0 Å². The van der Waals surface area contributed by atoms with Crippen molar-refractivity contribution in [2.75, 3.05) is 23.8 Å². The van der Waals surface area contributed by atoms with Crippen LogP contribution in [0.25, 0.3) is 0 Å². The molecule has 2 aromatic rings. The van der Waals surface area contributed by atoms with Gasteiger partial charge < -0.3 is 20.8 Å². The van der Waals surface area contributed by atoms with Gasteiger partial charge in [-0.25, -0.2) is 15.5 Å². The second-order valence-electron chi connectivity index (χ2n) is 6.11. The maximum Gasteiger partial charge on any atom is 0.169 e. The highest BCUT2D eigenvalue weighted by molar-refractivity contribution is 7.09. The molecule has 1 fully saturated rings. The van der Waals surface area contributed by atoms with Gasteiger partial charge in [0.05, 0.1) is 6.10 Å². The number of aliphatic hydroxyl groups is 2. The number of aliphatic hydroxyl groups excluding tert-OH is 2. The Labute approximate surface area is 149 Å². The topological polar surface area (TPSA) is 127 Å². The summed E-state index contributed by atoms with van der Waals surface area (Å²) in [6.45, 7) is 0.655. The number of rotatable bonds is 8. The molecule has 0 amide bonds. The summed E-state index contributed by atoms with van der Waals surface area (Å²) in [5.41, 5.74) is 7.82. The monoisotopic (exact) mass is 362 g/mol. The van der Waals surface area contributed by atoms with Crippen LogP contribution in [0.3, 0.4) is 0 Å². The lowest BCUT2D eigenvalue weighted by Crippen LogP contribution is -2.18. The van der Waals surface area contributed by atoms with Crippen molar-refractivity contribution >= 4 is 28.7 Å². The molecule has 2 heterocycles. The lowest BCUT2D eigenvalue weighted by Gasteiger charge is -2.16. The van der Waals surface area contributed by atoms with Crippen molar-refractivity contribution in [3.63, 3.8) is 0 Å². The summed E-state index contributed by atoms with van der Waals surface area (Å²) in [4.78, 5) is 9.65. The van der Waals surface area contributed by atoms with E-state index in [1.165, 1.54) is 11.2 Å². The van der Waals surface area contributed by atoms with E-state index >= 15 is 0 Å². The Morgan fingerprint density at radius 3 is 2.84 bits per heavy atom. The Balaban J connectivity index is 1.65. The molecule has 3 unspecified atom stereocenters. The number of nitrogens with zero attached hydrogens (tertiary/aromatic N) is 3. The molecule has 5 N–H and O–H groups in total. The molecule has 0 bridgehead atoms. The van der Waals surface area contributed by atoms with Crippen LogP contribution in [0.1, 0.15) is 17.7 Å². The summed E-state index contributed by atoms with van der Waals surface area (Å²) in [6.07, 6.45) is 2.96. The molecule has 134 valence electrons. The number of nitrogens with one attached hydrogen (secondary N) is 3. The fraction of sp³-hybridized carbons (Fsp3) is 0.500. The summed E-state index contributed by atoms with van der Waals surface area (Å²) >= 11 is 1.71. The van der Waals surface area contributed by atoms with Crippen LogP contribution >= 0.6 is 11.3 Å². The molecule has 25 heavy (non-hydrogen) atoms. The lowest BCUT2D eigenvalue weighted by atomic mass is 10.1. The lowest BCUT2D eigenvalue weighted by molar-refractivity contribution is 0.0908. The minimum atomic E-state index is -0.524. The predicted octanol–water partition coefficient (Wildman–Crippen LogP) is 2.40. The predicted molar refractivity (Wildman–Crippen MR) is 96.6 cm³/mol. The molecule has 8 nitrogen and oxygen atoms in total. The SMILES string of the molecule is N=Nc1c(NCCc2cccs2)ncnc1NC1CC(O)C(CO)C1. The van der Waals surface area contributed by atoms with Gasteiger partial charge >= 0.3 is 0 Å². The van der Waals surface area contributed by atoms with Gasteiger partial charge in [-0.15, -0.1) is 11.3 Å². The van der Waals surface area contributed by atoms with Crippen LogP contribution < -0.4 is 10.6 Å². The van der Waals surface area contributed by atoms with Crippen LogP contribution in [0.2, 0.25) is 0 Å². The first-order valence-corrected chi connectivity index (χ1v) is 9.13. The van der Waals surface area contributed by atoms with Crippen molar-refractivity contribution in [2.24, 2.45) is 11.0 Å². The van der Waals surface area contributed by atoms with E-state index in [2.05, 4.69) is 31.8 Å². The molecule has 0 spiro atoms. The summed E-state index contributed by atoms with van der Waals surface area (Å²) in [5.74, 6) is 0.861. The van der Waals surface area contributed by atoms with Crippen molar-refractivity contribution in [3.05, 3.63) is 28.7 Å². The van der Waals surface area contributed by atoms with Crippen molar-refractivity contribution in [1.82, 2.24) is 9.97 Å². The fourth-order valence-corrected chi connectivity index (χ4v) is 3.80. The van der Waals surface area contributed by atoms with E-state index in [0.717, 1.165) is 6.42 Å². The number of hydrogen-bond donors (Lipinski definition) is 5. The summed E-state index contributed by atoms with van der Waals surface area (Å²) in [6, 6.07) is 4.09. The summed E-state index contributed by atoms with van der Waals surface area (Å²) in [5, 5.41) is 31.2. The first-order chi connectivity index (χ1) is 12.2. The van der Waals surface area contributed by atoms with E-state index < -0.39 is 6.10 Å². The van der Waals surface area contributed by atoms with E-state index in [4.69, 9.17) is 5.53 Å². The maximum atomic E-state index is 9.92. The third kappa shape index (κ3) is 4.30. The average molecular weight is 362 g/mol. The standard InChI is InChI=1S/C16H22N6O2S/c17-22-14-15(18-4-3-12-2-1-5-25-12)19-9-20-16(14)21-11-6-10(8-23)13(24)7-11/h1-2,5,9-11,13,17,23-24H,3-4,6-8H2,(H2,18,19,20,21). The van der Waals surface area contributed by atoms with Gasteiger partial charge in [-0.3, -0.25) is 0 Å². The molecule has 9 heteroatoms. The van der Waals surface area contributed by atoms with Crippen LogP contribution in [0.15, 0.2) is 29.0 Å². The molecule has 1 aliphatic carbocycles. The molecule has 0 aromatic carbocycles. The highest BCUT2D eigenvalue weighted by Crippen LogP contribution is 2.33. The zero-order chi connectivity index (χ0) is 17.6. The first kappa shape index (κ1) is 17.7. The molecule has 3 atom stereocenters.